The van der Waals surface area contributed by atoms with Gasteiger partial charge in [0, 0.05) is 11.6 Å². The minimum absolute atomic E-state index is 0.0235. The number of aromatic amines is 1. The normalized spacial score (nSPS) is 18.0. The third-order valence-corrected chi connectivity index (χ3v) is 4.25. The number of nitrogens with one attached hydrogen (secondary N) is 1. The van der Waals surface area contributed by atoms with Gasteiger partial charge in [0.05, 0.1) is 0 Å². The summed E-state index contributed by atoms with van der Waals surface area (Å²) >= 11 is 0. The predicted octanol–water partition coefficient (Wildman–Crippen LogP) is 2.65. The van der Waals surface area contributed by atoms with Crippen molar-refractivity contribution in [2.45, 2.75) is 25.7 Å². The van der Waals surface area contributed by atoms with Crippen LogP contribution < -0.4 is 5.56 Å². The van der Waals surface area contributed by atoms with Crippen molar-refractivity contribution in [2.24, 2.45) is 0 Å². The van der Waals surface area contributed by atoms with E-state index in [9.17, 15) is 4.79 Å². The molecule has 2 heterocycles. The summed E-state index contributed by atoms with van der Waals surface area (Å²) < 4.78 is 0. The van der Waals surface area contributed by atoms with Gasteiger partial charge in [-0.25, -0.2) is 0 Å². The van der Waals surface area contributed by atoms with Gasteiger partial charge >= 0.3 is 0 Å². The van der Waals surface area contributed by atoms with Crippen molar-refractivity contribution in [3.05, 3.63) is 45.9 Å². The molecule has 19 heavy (non-hydrogen) atoms. The highest BCUT2D eigenvalue weighted by Crippen LogP contribution is 2.31. The van der Waals surface area contributed by atoms with Gasteiger partial charge in [0.2, 0.25) is 0 Å². The standard InChI is InChI=1S/C16H20N2O/c1-11-3-4-13-14(9-11)16(19)17-10-15(13)12-5-7-18(2)8-6-12/h3-4,9-10,12H,5-8H2,1-2H3,(H,17,19). The molecule has 0 bridgehead atoms. The number of aryl methyl sites for hydroxylation is 1. The molecule has 0 radical (unpaired) electrons. The van der Waals surface area contributed by atoms with Gasteiger partial charge in [-0.3, -0.25) is 4.79 Å². The van der Waals surface area contributed by atoms with Crippen molar-refractivity contribution in [3.63, 3.8) is 0 Å². The summed E-state index contributed by atoms with van der Waals surface area (Å²) in [6, 6.07) is 6.19. The summed E-state index contributed by atoms with van der Waals surface area (Å²) in [5, 5.41) is 1.96. The number of aromatic nitrogens is 1. The molecule has 0 amide bonds. The molecule has 2 aromatic rings. The van der Waals surface area contributed by atoms with Crippen LogP contribution in [0.15, 0.2) is 29.2 Å². The molecule has 1 aliphatic rings. The predicted molar refractivity (Wildman–Crippen MR) is 78.8 cm³/mol. The molecular formula is C16H20N2O. The lowest BCUT2D eigenvalue weighted by atomic mass is 9.87. The number of H-pyrrole nitrogens is 1. The fourth-order valence-corrected chi connectivity index (χ4v) is 3.05. The minimum Gasteiger partial charge on any atom is -0.328 e. The second kappa shape index (κ2) is 4.82. The maximum absolute atomic E-state index is 12.0. The van der Waals surface area contributed by atoms with E-state index in [1.807, 2.05) is 19.2 Å². The van der Waals surface area contributed by atoms with Gasteiger partial charge in [0.25, 0.3) is 5.56 Å². The highest BCUT2D eigenvalue weighted by Gasteiger charge is 2.20. The molecule has 1 aliphatic heterocycles. The third-order valence-electron chi connectivity index (χ3n) is 4.25. The largest absolute Gasteiger partial charge is 0.328 e. The second-order valence-electron chi connectivity index (χ2n) is 5.70. The number of hydrogen-bond acceptors (Lipinski definition) is 2. The molecule has 3 rings (SSSR count). The Morgan fingerprint density at radius 1 is 1.21 bits per heavy atom. The number of likely N-dealkylation sites (tertiary alicyclic amines) is 1. The molecule has 0 saturated carbocycles. The van der Waals surface area contributed by atoms with Gasteiger partial charge in [-0.15, -0.1) is 0 Å². The van der Waals surface area contributed by atoms with E-state index in [-0.39, 0.29) is 5.56 Å². The van der Waals surface area contributed by atoms with Crippen LogP contribution in [0.25, 0.3) is 10.8 Å². The van der Waals surface area contributed by atoms with E-state index < -0.39 is 0 Å². The molecule has 1 aromatic heterocycles. The van der Waals surface area contributed by atoms with Crippen LogP contribution >= 0.6 is 0 Å². The summed E-state index contributed by atoms with van der Waals surface area (Å²) in [5.41, 5.74) is 2.47. The number of hydrogen-bond donors (Lipinski definition) is 1. The Kier molecular flexibility index (Phi) is 3.15. The Morgan fingerprint density at radius 3 is 2.68 bits per heavy atom. The lowest BCUT2D eigenvalue weighted by Crippen LogP contribution is -2.29. The first-order valence-electron chi connectivity index (χ1n) is 6.95. The van der Waals surface area contributed by atoms with Crippen molar-refractivity contribution in [1.82, 2.24) is 9.88 Å². The zero-order valence-corrected chi connectivity index (χ0v) is 11.6. The molecule has 3 heteroatoms. The Hall–Kier alpha value is -1.61. The summed E-state index contributed by atoms with van der Waals surface area (Å²) in [7, 11) is 2.17. The van der Waals surface area contributed by atoms with Crippen LogP contribution in [0.5, 0.6) is 0 Å². The molecule has 1 aromatic carbocycles. The fourth-order valence-electron chi connectivity index (χ4n) is 3.05. The maximum atomic E-state index is 12.0. The SMILES string of the molecule is Cc1ccc2c(C3CCN(C)CC3)c[nH]c(=O)c2c1. The summed E-state index contributed by atoms with van der Waals surface area (Å²) in [4.78, 5) is 17.2. The van der Waals surface area contributed by atoms with E-state index >= 15 is 0 Å². The Morgan fingerprint density at radius 2 is 1.95 bits per heavy atom. The monoisotopic (exact) mass is 256 g/mol. The average Bonchev–Trinajstić information content (AvgIpc) is 2.41. The van der Waals surface area contributed by atoms with Crippen molar-refractivity contribution < 1.29 is 0 Å². The van der Waals surface area contributed by atoms with Crippen molar-refractivity contribution in [3.8, 4) is 0 Å². The second-order valence-corrected chi connectivity index (χ2v) is 5.70. The van der Waals surface area contributed by atoms with Crippen LogP contribution in [0, 0.1) is 6.92 Å². The van der Waals surface area contributed by atoms with Crippen LogP contribution in [0.4, 0.5) is 0 Å². The van der Waals surface area contributed by atoms with E-state index in [0.29, 0.717) is 5.92 Å². The molecular weight excluding hydrogens is 236 g/mol. The molecule has 1 saturated heterocycles. The number of fused-ring (bicyclic) bond motifs is 1. The Labute approximate surface area is 113 Å². The third kappa shape index (κ3) is 2.30. The van der Waals surface area contributed by atoms with Gasteiger partial charge in [-0.2, -0.15) is 0 Å². The average molecular weight is 256 g/mol. The van der Waals surface area contributed by atoms with E-state index in [0.717, 1.165) is 29.4 Å². The minimum atomic E-state index is 0.0235. The van der Waals surface area contributed by atoms with Gasteiger partial charge in [-0.1, -0.05) is 17.7 Å². The Balaban J connectivity index is 2.09. The van der Waals surface area contributed by atoms with Crippen LogP contribution in [-0.2, 0) is 0 Å². The van der Waals surface area contributed by atoms with Crippen LogP contribution in [0.1, 0.15) is 29.9 Å². The molecule has 1 fully saturated rings. The highest BCUT2D eigenvalue weighted by atomic mass is 16.1. The molecule has 0 atom stereocenters. The highest BCUT2D eigenvalue weighted by molar-refractivity contribution is 5.85. The zero-order chi connectivity index (χ0) is 13.4. The van der Waals surface area contributed by atoms with Crippen LogP contribution in [-0.4, -0.2) is 30.0 Å². The number of nitrogens with zero attached hydrogens (tertiary/aromatic N) is 1. The first-order chi connectivity index (χ1) is 9.15. The summed E-state index contributed by atoms with van der Waals surface area (Å²) in [6.45, 7) is 4.30. The van der Waals surface area contributed by atoms with Gasteiger partial charge in [0.15, 0.2) is 0 Å². The number of benzene rings is 1. The fraction of sp³-hybridized carbons (Fsp3) is 0.438. The number of rotatable bonds is 1. The zero-order valence-electron chi connectivity index (χ0n) is 11.6. The number of pyridine rings is 1. The smallest absolute Gasteiger partial charge is 0.255 e. The number of piperidine rings is 1. The van der Waals surface area contributed by atoms with E-state index in [4.69, 9.17) is 0 Å². The maximum Gasteiger partial charge on any atom is 0.255 e. The first kappa shape index (κ1) is 12.4. The van der Waals surface area contributed by atoms with Gasteiger partial charge in [-0.05, 0) is 62.8 Å². The van der Waals surface area contributed by atoms with Crippen molar-refractivity contribution in [1.29, 1.82) is 0 Å². The van der Waals surface area contributed by atoms with Gasteiger partial charge in [0.1, 0.15) is 0 Å². The van der Waals surface area contributed by atoms with Crippen molar-refractivity contribution >= 4 is 10.8 Å². The first-order valence-corrected chi connectivity index (χ1v) is 6.95. The molecule has 100 valence electrons. The van der Waals surface area contributed by atoms with Crippen molar-refractivity contribution in [2.75, 3.05) is 20.1 Å². The van der Waals surface area contributed by atoms with E-state index in [2.05, 4.69) is 29.1 Å². The topological polar surface area (TPSA) is 36.1 Å². The van der Waals surface area contributed by atoms with Crippen LogP contribution in [0.3, 0.4) is 0 Å². The summed E-state index contributed by atoms with van der Waals surface area (Å²) in [5.74, 6) is 0.568. The molecule has 1 N–H and O–H groups in total. The van der Waals surface area contributed by atoms with E-state index in [1.165, 1.54) is 18.4 Å². The van der Waals surface area contributed by atoms with Gasteiger partial charge < -0.3 is 9.88 Å². The molecule has 0 unspecified atom stereocenters. The lowest BCUT2D eigenvalue weighted by molar-refractivity contribution is 0.256. The Bertz CT molecular complexity index is 651. The molecule has 0 spiro atoms. The molecule has 3 nitrogen and oxygen atoms in total. The molecule has 0 aliphatic carbocycles. The quantitative estimate of drug-likeness (QED) is 0.851. The lowest BCUT2D eigenvalue weighted by Gasteiger charge is -2.29. The van der Waals surface area contributed by atoms with Crippen LogP contribution in [0.2, 0.25) is 0 Å². The van der Waals surface area contributed by atoms with E-state index in [1.54, 1.807) is 0 Å². The summed E-state index contributed by atoms with van der Waals surface area (Å²) in [6.07, 6.45) is 4.27.